The Morgan fingerprint density at radius 2 is 0.905 bits per heavy atom. The standard InChI is InChI=1S/C23H21N5.C2H3N.2BF4.Fe/c1-5-13-24-19(9-1)17-28(18-20-10-2-6-14-25-20)23(21-11-3-7-15-26-21)22-12-4-8-16-27-22;1-2-3;2*2-1(3,4)5;/h1-16,23H,17-18H2;1H3;;;/q;;2*-1;+3. The van der Waals surface area contributed by atoms with Crippen molar-refractivity contribution < 1.29 is 51.6 Å². The van der Waals surface area contributed by atoms with Crippen molar-refractivity contribution in [3.8, 4) is 6.07 Å². The molecule has 223 valence electrons. The summed E-state index contributed by atoms with van der Waals surface area (Å²) in [5.74, 6) is 0. The van der Waals surface area contributed by atoms with Crippen molar-refractivity contribution in [3.05, 3.63) is 120 Å². The second-order valence-electron chi connectivity index (χ2n) is 7.67. The van der Waals surface area contributed by atoms with Crippen LogP contribution in [0.4, 0.5) is 34.5 Å². The van der Waals surface area contributed by atoms with Crippen LogP contribution in [0.25, 0.3) is 0 Å². The van der Waals surface area contributed by atoms with Crippen LogP contribution >= 0.6 is 0 Å². The smallest absolute Gasteiger partial charge is 0.418 e. The van der Waals surface area contributed by atoms with Crippen LogP contribution in [0.1, 0.15) is 35.7 Å². The van der Waals surface area contributed by atoms with Crippen LogP contribution in [0, 0.1) is 11.3 Å². The van der Waals surface area contributed by atoms with Crippen molar-refractivity contribution in [2.24, 2.45) is 0 Å². The summed E-state index contributed by atoms with van der Waals surface area (Å²) in [5, 5.41) is 7.32. The summed E-state index contributed by atoms with van der Waals surface area (Å²) < 4.78 is 78.0. The molecule has 0 aliphatic carbocycles. The van der Waals surface area contributed by atoms with Gasteiger partial charge in [-0.15, -0.1) is 0 Å². The molecular formula is C25H24B2F8FeN6+. The summed E-state index contributed by atoms with van der Waals surface area (Å²) in [7, 11) is -12.0. The third kappa shape index (κ3) is 19.3. The minimum atomic E-state index is -6.00. The van der Waals surface area contributed by atoms with Crippen LogP contribution in [0.5, 0.6) is 0 Å². The van der Waals surface area contributed by atoms with Crippen LogP contribution in [-0.2, 0) is 30.2 Å². The van der Waals surface area contributed by atoms with Gasteiger partial charge in [-0.25, -0.2) is 0 Å². The van der Waals surface area contributed by atoms with Gasteiger partial charge >= 0.3 is 31.6 Å². The van der Waals surface area contributed by atoms with E-state index in [0.29, 0.717) is 13.1 Å². The minimum absolute atomic E-state index is 0. The minimum Gasteiger partial charge on any atom is -0.418 e. The molecule has 17 heteroatoms. The molecule has 0 atom stereocenters. The molecule has 4 rings (SSSR count). The molecular weight excluding hydrogens is 614 g/mol. The first-order valence-corrected chi connectivity index (χ1v) is 11.7. The van der Waals surface area contributed by atoms with E-state index >= 15 is 0 Å². The molecule has 0 aromatic carbocycles. The summed E-state index contributed by atoms with van der Waals surface area (Å²) in [4.78, 5) is 20.6. The van der Waals surface area contributed by atoms with E-state index in [1.165, 1.54) is 6.92 Å². The molecule has 4 aromatic rings. The summed E-state index contributed by atoms with van der Waals surface area (Å²) >= 11 is 0. The Morgan fingerprint density at radius 1 is 0.619 bits per heavy atom. The van der Waals surface area contributed by atoms with Crippen LogP contribution in [-0.4, -0.2) is 39.3 Å². The summed E-state index contributed by atoms with van der Waals surface area (Å²) in [5.41, 5.74) is 3.90. The van der Waals surface area contributed by atoms with E-state index in [-0.39, 0.29) is 23.1 Å². The zero-order chi connectivity index (χ0) is 30.7. The molecule has 0 unspecified atom stereocenters. The number of aromatic nitrogens is 4. The molecule has 0 amide bonds. The zero-order valence-corrected chi connectivity index (χ0v) is 23.0. The largest absolute Gasteiger partial charge is 3.00 e. The molecule has 4 heterocycles. The maximum Gasteiger partial charge on any atom is 3.00 e. The third-order valence-corrected chi connectivity index (χ3v) is 4.48. The maximum atomic E-state index is 9.75. The quantitative estimate of drug-likeness (QED) is 0.158. The van der Waals surface area contributed by atoms with Crippen LogP contribution in [0.2, 0.25) is 0 Å². The molecule has 0 spiro atoms. The monoisotopic (exact) mass is 638 g/mol. The van der Waals surface area contributed by atoms with E-state index < -0.39 is 14.5 Å². The topological polar surface area (TPSA) is 78.6 Å². The number of nitriles is 1. The van der Waals surface area contributed by atoms with Crippen molar-refractivity contribution in [2.75, 3.05) is 0 Å². The number of halogens is 8. The van der Waals surface area contributed by atoms with E-state index in [9.17, 15) is 34.5 Å². The van der Waals surface area contributed by atoms with Crippen LogP contribution in [0.15, 0.2) is 97.6 Å². The van der Waals surface area contributed by atoms with Gasteiger partial charge in [0.1, 0.15) is 0 Å². The van der Waals surface area contributed by atoms with Gasteiger partial charge < -0.3 is 34.5 Å². The molecule has 4 aromatic heterocycles. The summed E-state index contributed by atoms with van der Waals surface area (Å²) in [6.07, 6.45) is 7.30. The number of rotatable bonds is 7. The number of hydrogen-bond donors (Lipinski definition) is 0. The van der Waals surface area contributed by atoms with Gasteiger partial charge in [-0.2, -0.15) is 5.26 Å². The molecule has 0 saturated carbocycles. The Morgan fingerprint density at radius 3 is 1.14 bits per heavy atom. The number of hydrogen-bond acceptors (Lipinski definition) is 6. The molecule has 6 nitrogen and oxygen atoms in total. The van der Waals surface area contributed by atoms with Gasteiger partial charge in [0.05, 0.1) is 34.9 Å². The Bertz CT molecular complexity index is 1170. The molecule has 0 aliphatic heterocycles. The van der Waals surface area contributed by atoms with Crippen LogP contribution in [0.3, 0.4) is 0 Å². The third-order valence-electron chi connectivity index (χ3n) is 4.48. The predicted octanol–water partition coefficient (Wildman–Crippen LogP) is 7.19. The SMILES string of the molecule is CC#N.F[B-](F)(F)F.F[B-](F)(F)F.[Fe+3].c1ccc(CN(Cc2ccccn2)C(c2ccccn2)c2ccccn2)nc1. The Kier molecular flexibility index (Phi) is 18.2. The van der Waals surface area contributed by atoms with Crippen molar-refractivity contribution in [1.29, 1.82) is 5.26 Å². The van der Waals surface area contributed by atoms with Crippen molar-refractivity contribution in [3.63, 3.8) is 0 Å². The van der Waals surface area contributed by atoms with Gasteiger partial charge in [0, 0.05) is 44.8 Å². The molecule has 0 aliphatic rings. The van der Waals surface area contributed by atoms with E-state index in [4.69, 9.17) is 5.26 Å². The molecule has 0 N–H and O–H groups in total. The van der Waals surface area contributed by atoms with Gasteiger partial charge in [-0.1, -0.05) is 24.3 Å². The van der Waals surface area contributed by atoms with Gasteiger partial charge in [-0.3, -0.25) is 24.8 Å². The molecule has 0 bridgehead atoms. The second-order valence-corrected chi connectivity index (χ2v) is 7.67. The van der Waals surface area contributed by atoms with Gasteiger partial charge in [-0.05, 0) is 48.5 Å². The molecule has 42 heavy (non-hydrogen) atoms. The number of nitrogens with zero attached hydrogens (tertiary/aromatic N) is 6. The van der Waals surface area contributed by atoms with Crippen molar-refractivity contribution in [1.82, 2.24) is 24.8 Å². The number of pyridine rings is 4. The van der Waals surface area contributed by atoms with Gasteiger partial charge in [0.2, 0.25) is 0 Å². The molecule has 0 fully saturated rings. The van der Waals surface area contributed by atoms with Crippen molar-refractivity contribution in [2.45, 2.75) is 26.1 Å². The molecule has 1 radical (unpaired) electrons. The zero-order valence-electron chi connectivity index (χ0n) is 21.9. The summed E-state index contributed by atoms with van der Waals surface area (Å²) in [6.45, 7) is 2.75. The average molecular weight is 638 g/mol. The Hall–Kier alpha value is -3.86. The Balaban J connectivity index is 0.00000102. The van der Waals surface area contributed by atoms with Crippen molar-refractivity contribution >= 4 is 14.5 Å². The first kappa shape index (κ1) is 38.1. The van der Waals surface area contributed by atoms with E-state index in [1.54, 1.807) is 6.07 Å². The first-order valence-electron chi connectivity index (χ1n) is 11.7. The Labute approximate surface area is 248 Å². The first-order chi connectivity index (χ1) is 19.3. The fourth-order valence-electron chi connectivity index (χ4n) is 3.24. The molecule has 0 saturated heterocycles. The van der Waals surface area contributed by atoms with Crippen LogP contribution < -0.4 is 0 Å². The summed E-state index contributed by atoms with van der Waals surface area (Å²) in [6, 6.07) is 25.6. The van der Waals surface area contributed by atoms with Gasteiger partial charge in [0.15, 0.2) is 0 Å². The fraction of sp³-hybridized carbons (Fsp3) is 0.160. The fourth-order valence-corrected chi connectivity index (χ4v) is 3.24. The average Bonchev–Trinajstić information content (AvgIpc) is 2.90. The second kappa shape index (κ2) is 20.1. The van der Waals surface area contributed by atoms with Gasteiger partial charge in [0.25, 0.3) is 0 Å². The maximum absolute atomic E-state index is 9.75. The normalized spacial score (nSPS) is 10.4. The predicted molar refractivity (Wildman–Crippen MR) is 140 cm³/mol. The van der Waals surface area contributed by atoms with E-state index in [2.05, 4.69) is 24.8 Å². The van der Waals surface area contributed by atoms with E-state index in [1.807, 2.05) is 97.6 Å². The van der Waals surface area contributed by atoms with E-state index in [0.717, 1.165) is 22.8 Å².